The summed E-state index contributed by atoms with van der Waals surface area (Å²) in [6, 6.07) is 0. The van der Waals surface area contributed by atoms with Crippen LogP contribution in [0.15, 0.2) is 0 Å². The lowest BCUT2D eigenvalue weighted by molar-refractivity contribution is 0.0780. The number of halogens is 1. The minimum atomic E-state index is -0.354. The molecular weight excluding hydrogens is 221 g/mol. The molecule has 17 heavy (non-hydrogen) atoms. The second-order valence-corrected chi connectivity index (χ2v) is 4.27. The van der Waals surface area contributed by atoms with Gasteiger partial charge >= 0.3 is 0 Å². The minimum Gasteiger partial charge on any atom is -0.381 e. The summed E-state index contributed by atoms with van der Waals surface area (Å²) in [5.41, 5.74) is 0.400. The molecule has 4 nitrogen and oxygen atoms in total. The number of nitrogens with zero attached hydrogens (tertiary/aromatic N) is 2. The molecule has 0 amide bonds. The quantitative estimate of drug-likeness (QED) is 0.878. The molecule has 0 aromatic carbocycles. The zero-order valence-corrected chi connectivity index (χ0v) is 10.3. The largest absolute Gasteiger partial charge is 0.381 e. The van der Waals surface area contributed by atoms with Crippen molar-refractivity contribution in [2.24, 2.45) is 0 Å². The molecule has 1 unspecified atom stereocenters. The van der Waals surface area contributed by atoms with E-state index in [1.54, 1.807) is 6.92 Å². The lowest BCUT2D eigenvalue weighted by Crippen LogP contribution is -2.19. The van der Waals surface area contributed by atoms with Crippen LogP contribution in [0.3, 0.4) is 0 Å². The number of aromatic nitrogens is 2. The second-order valence-electron chi connectivity index (χ2n) is 4.27. The number of hydrogen-bond donors (Lipinski definition) is 1. The highest BCUT2D eigenvalue weighted by Gasteiger charge is 2.21. The molecule has 0 bridgehead atoms. The minimum absolute atomic E-state index is 0.195. The van der Waals surface area contributed by atoms with Crippen molar-refractivity contribution in [2.45, 2.75) is 32.6 Å². The number of rotatable bonds is 3. The molecule has 1 N–H and O–H groups in total. The number of nitrogens with one attached hydrogen (secondary N) is 1. The Morgan fingerprint density at radius 3 is 2.94 bits per heavy atom. The Labute approximate surface area is 101 Å². The third-order valence-corrected chi connectivity index (χ3v) is 2.90. The second kappa shape index (κ2) is 5.40. The predicted molar refractivity (Wildman–Crippen MR) is 63.7 cm³/mol. The molecule has 1 saturated heterocycles. The van der Waals surface area contributed by atoms with E-state index in [1.807, 2.05) is 6.92 Å². The van der Waals surface area contributed by atoms with Gasteiger partial charge in [0.25, 0.3) is 0 Å². The SMILES string of the molecule is CCNc1nc(C2CCCOC2)nc(C)c1F. The summed E-state index contributed by atoms with van der Waals surface area (Å²) < 4.78 is 19.1. The van der Waals surface area contributed by atoms with E-state index in [1.165, 1.54) is 0 Å². The Morgan fingerprint density at radius 2 is 2.29 bits per heavy atom. The van der Waals surface area contributed by atoms with E-state index < -0.39 is 0 Å². The van der Waals surface area contributed by atoms with Gasteiger partial charge in [0.1, 0.15) is 5.82 Å². The first-order valence-electron chi connectivity index (χ1n) is 6.08. The molecular formula is C12H18FN3O. The molecule has 0 spiro atoms. The van der Waals surface area contributed by atoms with Crippen LogP contribution in [0.5, 0.6) is 0 Å². The molecule has 1 aromatic heterocycles. The molecule has 1 aliphatic heterocycles. The van der Waals surface area contributed by atoms with Crippen LogP contribution in [-0.2, 0) is 4.74 Å². The van der Waals surface area contributed by atoms with Crippen LogP contribution in [0.1, 0.15) is 37.2 Å². The number of aryl methyl sites for hydroxylation is 1. The summed E-state index contributed by atoms with van der Waals surface area (Å²) in [7, 11) is 0. The van der Waals surface area contributed by atoms with Crippen molar-refractivity contribution in [1.29, 1.82) is 0 Å². The van der Waals surface area contributed by atoms with Crippen LogP contribution in [0.4, 0.5) is 10.2 Å². The summed E-state index contributed by atoms with van der Waals surface area (Å²) in [5, 5.41) is 2.93. The summed E-state index contributed by atoms with van der Waals surface area (Å²) in [6.45, 7) is 5.67. The van der Waals surface area contributed by atoms with E-state index in [0.29, 0.717) is 30.5 Å². The van der Waals surface area contributed by atoms with Gasteiger partial charge in [0, 0.05) is 19.1 Å². The maximum atomic E-state index is 13.7. The van der Waals surface area contributed by atoms with Gasteiger partial charge in [-0.25, -0.2) is 14.4 Å². The van der Waals surface area contributed by atoms with Gasteiger partial charge in [-0.3, -0.25) is 0 Å². The summed E-state index contributed by atoms with van der Waals surface area (Å²) in [5.74, 6) is 0.841. The van der Waals surface area contributed by atoms with E-state index >= 15 is 0 Å². The van der Waals surface area contributed by atoms with E-state index in [4.69, 9.17) is 4.74 Å². The Hall–Kier alpha value is -1.23. The molecule has 2 rings (SSSR count). The molecule has 0 aliphatic carbocycles. The lowest BCUT2D eigenvalue weighted by Gasteiger charge is -2.21. The van der Waals surface area contributed by atoms with E-state index in [-0.39, 0.29) is 11.7 Å². The third kappa shape index (κ3) is 2.72. The molecule has 0 radical (unpaired) electrons. The van der Waals surface area contributed by atoms with E-state index in [9.17, 15) is 4.39 Å². The van der Waals surface area contributed by atoms with Gasteiger partial charge in [-0.2, -0.15) is 0 Å². The van der Waals surface area contributed by atoms with E-state index in [0.717, 1.165) is 19.4 Å². The highest BCUT2D eigenvalue weighted by atomic mass is 19.1. The highest BCUT2D eigenvalue weighted by molar-refractivity contribution is 5.38. The zero-order chi connectivity index (χ0) is 12.3. The normalized spacial score (nSPS) is 20.3. The molecule has 1 aliphatic rings. The molecule has 1 atom stereocenters. The monoisotopic (exact) mass is 239 g/mol. The van der Waals surface area contributed by atoms with Gasteiger partial charge in [-0.05, 0) is 26.7 Å². The molecule has 0 saturated carbocycles. The first-order valence-corrected chi connectivity index (χ1v) is 6.08. The lowest BCUT2D eigenvalue weighted by atomic mass is 10.0. The zero-order valence-electron chi connectivity index (χ0n) is 10.3. The molecule has 1 fully saturated rings. The standard InChI is InChI=1S/C12H18FN3O/c1-3-14-12-10(13)8(2)15-11(16-12)9-5-4-6-17-7-9/h9H,3-7H2,1-2H3,(H,14,15,16). The Kier molecular flexibility index (Phi) is 3.89. The van der Waals surface area contributed by atoms with Crippen LogP contribution in [-0.4, -0.2) is 29.7 Å². The highest BCUT2D eigenvalue weighted by Crippen LogP contribution is 2.25. The fourth-order valence-corrected chi connectivity index (χ4v) is 1.99. The van der Waals surface area contributed by atoms with Crippen molar-refractivity contribution in [3.63, 3.8) is 0 Å². The topological polar surface area (TPSA) is 47.0 Å². The van der Waals surface area contributed by atoms with Crippen molar-refractivity contribution in [1.82, 2.24) is 9.97 Å². The number of anilines is 1. The van der Waals surface area contributed by atoms with Gasteiger partial charge in [0.2, 0.25) is 0 Å². The molecule has 1 aromatic rings. The van der Waals surface area contributed by atoms with E-state index in [2.05, 4.69) is 15.3 Å². The maximum Gasteiger partial charge on any atom is 0.186 e. The number of hydrogen-bond acceptors (Lipinski definition) is 4. The Balaban J connectivity index is 2.27. The van der Waals surface area contributed by atoms with Crippen LogP contribution in [0.25, 0.3) is 0 Å². The molecule has 2 heterocycles. The smallest absolute Gasteiger partial charge is 0.186 e. The van der Waals surface area contributed by atoms with Gasteiger partial charge in [0.05, 0.1) is 12.3 Å². The Morgan fingerprint density at radius 1 is 1.47 bits per heavy atom. The van der Waals surface area contributed by atoms with Gasteiger partial charge in [-0.1, -0.05) is 0 Å². The van der Waals surface area contributed by atoms with Gasteiger partial charge < -0.3 is 10.1 Å². The van der Waals surface area contributed by atoms with Gasteiger partial charge in [0.15, 0.2) is 11.6 Å². The number of ether oxygens (including phenoxy) is 1. The average molecular weight is 239 g/mol. The maximum absolute atomic E-state index is 13.7. The van der Waals surface area contributed by atoms with Crippen molar-refractivity contribution < 1.29 is 9.13 Å². The van der Waals surface area contributed by atoms with Crippen LogP contribution < -0.4 is 5.32 Å². The van der Waals surface area contributed by atoms with Crippen molar-refractivity contribution in [3.05, 3.63) is 17.3 Å². The Bertz CT molecular complexity index is 392. The average Bonchev–Trinajstić information content (AvgIpc) is 2.36. The fourth-order valence-electron chi connectivity index (χ4n) is 1.99. The van der Waals surface area contributed by atoms with Crippen LogP contribution >= 0.6 is 0 Å². The van der Waals surface area contributed by atoms with Gasteiger partial charge in [-0.15, -0.1) is 0 Å². The predicted octanol–water partition coefficient (Wildman–Crippen LogP) is 2.25. The fraction of sp³-hybridized carbons (Fsp3) is 0.667. The summed E-state index contributed by atoms with van der Waals surface area (Å²) >= 11 is 0. The van der Waals surface area contributed by atoms with Crippen molar-refractivity contribution >= 4 is 5.82 Å². The van der Waals surface area contributed by atoms with Crippen molar-refractivity contribution in [3.8, 4) is 0 Å². The summed E-state index contributed by atoms with van der Waals surface area (Å²) in [6.07, 6.45) is 2.03. The summed E-state index contributed by atoms with van der Waals surface area (Å²) in [4.78, 5) is 8.50. The molecule has 94 valence electrons. The molecule has 5 heteroatoms. The van der Waals surface area contributed by atoms with Crippen LogP contribution in [0.2, 0.25) is 0 Å². The third-order valence-electron chi connectivity index (χ3n) is 2.90. The first-order chi connectivity index (χ1) is 8.22. The van der Waals surface area contributed by atoms with Crippen molar-refractivity contribution in [2.75, 3.05) is 25.1 Å². The first kappa shape index (κ1) is 12.2. The van der Waals surface area contributed by atoms with Crippen LogP contribution in [0, 0.1) is 12.7 Å².